The van der Waals surface area contributed by atoms with E-state index in [1.54, 1.807) is 0 Å². The molecule has 6 nitrogen and oxygen atoms in total. The highest BCUT2D eigenvalue weighted by Crippen LogP contribution is 2.01. The van der Waals surface area contributed by atoms with E-state index in [9.17, 15) is 0 Å². The summed E-state index contributed by atoms with van der Waals surface area (Å²) in [6.45, 7) is 1.37. The highest BCUT2D eigenvalue weighted by molar-refractivity contribution is 5.80. The molecule has 2 aliphatic rings. The highest BCUT2D eigenvalue weighted by atomic mass is 16.4. The van der Waals surface area contributed by atoms with Gasteiger partial charge in [-0.3, -0.25) is 0 Å². The summed E-state index contributed by atoms with van der Waals surface area (Å²) < 4.78 is 4.07. The quantitative estimate of drug-likeness (QED) is 0.355. The molecule has 0 fully saturated rings. The van der Waals surface area contributed by atoms with Crippen molar-refractivity contribution in [3.8, 4) is 0 Å². The van der Waals surface area contributed by atoms with Crippen LogP contribution in [0.3, 0.4) is 0 Å². The Labute approximate surface area is 123 Å². The summed E-state index contributed by atoms with van der Waals surface area (Å²) in [6, 6.07) is 0. The Kier molecular flexibility index (Phi) is 5.40. The predicted octanol–water partition coefficient (Wildman–Crippen LogP) is 1.37. The smallest absolute Gasteiger partial charge is 0.175 e. The molecule has 0 unspecified atom stereocenters. The molecule has 2 rings (SSSR count). The molecule has 2 aliphatic heterocycles. The second-order valence-electron chi connectivity index (χ2n) is 4.60. The van der Waals surface area contributed by atoms with Crippen LogP contribution in [0.4, 0.5) is 0 Å². The van der Waals surface area contributed by atoms with Gasteiger partial charge < -0.3 is 10.4 Å². The van der Waals surface area contributed by atoms with Crippen LogP contribution in [0.25, 0.3) is 0 Å². The average Bonchev–Trinajstić information content (AvgIpc) is 2.49. The lowest BCUT2D eigenvalue weighted by atomic mass is 10.2. The Morgan fingerprint density at radius 1 is 0.905 bits per heavy atom. The van der Waals surface area contributed by atoms with Crippen molar-refractivity contribution in [3.63, 3.8) is 0 Å². The first-order chi connectivity index (χ1) is 10.3. The van der Waals surface area contributed by atoms with Gasteiger partial charge in [-0.15, -0.1) is 0 Å². The number of hydrogen-bond acceptors (Lipinski definition) is 4. The van der Waals surface area contributed by atoms with E-state index in [2.05, 4.69) is 22.7 Å². The maximum absolute atomic E-state index is 8.54. The Balaban J connectivity index is 1.93. The first-order valence-corrected chi connectivity index (χ1v) is 6.59. The number of rotatable bonds is 4. The summed E-state index contributed by atoms with van der Waals surface area (Å²) in [5.41, 5.74) is 1.89. The summed E-state index contributed by atoms with van der Waals surface area (Å²) in [4.78, 5) is 0. The van der Waals surface area contributed by atoms with Gasteiger partial charge in [-0.25, -0.2) is 9.15 Å². The Morgan fingerprint density at radius 3 is 1.81 bits per heavy atom. The lowest BCUT2D eigenvalue weighted by Crippen LogP contribution is -2.17. The fourth-order valence-corrected chi connectivity index (χ4v) is 2.07. The third kappa shape index (κ3) is 4.68. The van der Waals surface area contributed by atoms with Gasteiger partial charge in [-0.2, -0.15) is 0 Å². The summed E-state index contributed by atoms with van der Waals surface area (Å²) in [7, 11) is 0. The molecule has 0 saturated heterocycles. The van der Waals surface area contributed by atoms with Crippen LogP contribution in [0, 0.1) is 0 Å². The minimum Gasteiger partial charge on any atom is -0.411 e. The number of allylic oxidation sites excluding steroid dienone is 4. The van der Waals surface area contributed by atoms with E-state index < -0.39 is 0 Å². The van der Waals surface area contributed by atoms with Crippen LogP contribution in [0.5, 0.6) is 0 Å². The van der Waals surface area contributed by atoms with Crippen molar-refractivity contribution in [1.82, 2.24) is 0 Å². The molecule has 0 bridgehead atoms. The molecule has 0 spiro atoms. The van der Waals surface area contributed by atoms with Crippen LogP contribution in [0.15, 0.2) is 58.2 Å². The van der Waals surface area contributed by atoms with Gasteiger partial charge >= 0.3 is 0 Å². The molecular formula is C15H18N4O2+2. The van der Waals surface area contributed by atoms with Gasteiger partial charge in [-0.05, 0) is 12.2 Å². The molecular weight excluding hydrogens is 268 g/mol. The highest BCUT2D eigenvalue weighted by Gasteiger charge is 2.10. The zero-order valence-electron chi connectivity index (χ0n) is 11.6. The number of oxime groups is 2. The van der Waals surface area contributed by atoms with E-state index in [4.69, 9.17) is 10.4 Å². The normalized spacial score (nSPS) is 22.5. The van der Waals surface area contributed by atoms with E-state index in [0.29, 0.717) is 13.1 Å². The summed E-state index contributed by atoms with van der Waals surface area (Å²) in [5, 5.41) is 23.2. The van der Waals surface area contributed by atoms with Gasteiger partial charge in [0.2, 0.25) is 0 Å². The van der Waals surface area contributed by atoms with Crippen LogP contribution in [-0.2, 0) is 0 Å². The number of hydrogen-bond donors (Lipinski definition) is 2. The molecule has 0 aromatic carbocycles. The molecule has 0 aromatic heterocycles. The number of nitrogens with zero attached hydrogens (tertiary/aromatic N) is 4. The molecule has 0 saturated carbocycles. The van der Waals surface area contributed by atoms with E-state index in [1.165, 1.54) is 12.4 Å². The second-order valence-corrected chi connectivity index (χ2v) is 4.60. The molecule has 0 amide bonds. The molecule has 2 N–H and O–H groups in total. The van der Waals surface area contributed by atoms with Gasteiger partial charge in [-0.1, -0.05) is 10.3 Å². The first kappa shape index (κ1) is 14.6. The Bertz CT molecular complexity index is 566. The maximum Gasteiger partial charge on any atom is 0.175 e. The molecule has 0 radical (unpaired) electrons. The molecule has 108 valence electrons. The second kappa shape index (κ2) is 7.74. The van der Waals surface area contributed by atoms with E-state index in [1.807, 2.05) is 45.9 Å². The van der Waals surface area contributed by atoms with Gasteiger partial charge in [0.15, 0.2) is 37.9 Å². The van der Waals surface area contributed by atoms with Crippen molar-refractivity contribution in [3.05, 3.63) is 47.9 Å². The van der Waals surface area contributed by atoms with Crippen molar-refractivity contribution in [1.29, 1.82) is 0 Å². The monoisotopic (exact) mass is 286 g/mol. The summed E-state index contributed by atoms with van der Waals surface area (Å²) in [6.07, 6.45) is 19.3. The van der Waals surface area contributed by atoms with Gasteiger partial charge in [0.25, 0.3) is 0 Å². The van der Waals surface area contributed by atoms with Crippen LogP contribution in [-0.4, -0.2) is 57.5 Å². The van der Waals surface area contributed by atoms with Crippen molar-refractivity contribution in [2.75, 3.05) is 13.1 Å². The first-order valence-electron chi connectivity index (χ1n) is 6.59. The van der Waals surface area contributed by atoms with Crippen molar-refractivity contribution >= 4 is 24.9 Å². The van der Waals surface area contributed by atoms with Gasteiger partial charge in [0.1, 0.15) is 6.42 Å². The standard InChI is InChI=1S/C15H16N4O2/c20-16-10-14-4-1-6-18(12-14)8-3-9-19-7-2-5-15(13-19)11-17-21/h1-2,4-11H,3,12-13H2/p+2. The van der Waals surface area contributed by atoms with Crippen molar-refractivity contribution in [2.24, 2.45) is 10.3 Å². The van der Waals surface area contributed by atoms with E-state index in [-0.39, 0.29) is 0 Å². The van der Waals surface area contributed by atoms with Gasteiger partial charge in [0, 0.05) is 23.3 Å². The summed E-state index contributed by atoms with van der Waals surface area (Å²) >= 11 is 0. The molecule has 0 atom stereocenters. The van der Waals surface area contributed by atoms with Crippen LogP contribution >= 0.6 is 0 Å². The minimum absolute atomic E-state index is 0.687. The van der Waals surface area contributed by atoms with Gasteiger partial charge in [0.05, 0.1) is 12.4 Å². The SMILES string of the molecule is ON=CC1=CC=C[N+](=CCC=[N+]2C=CC=C(C=NO)C2)C1. The predicted molar refractivity (Wildman–Crippen MR) is 82.0 cm³/mol. The Morgan fingerprint density at radius 2 is 1.38 bits per heavy atom. The van der Waals surface area contributed by atoms with Crippen molar-refractivity contribution < 1.29 is 19.6 Å². The Hall–Kier alpha value is -2.76. The van der Waals surface area contributed by atoms with E-state index in [0.717, 1.165) is 17.6 Å². The lowest BCUT2D eigenvalue weighted by Gasteiger charge is -2.03. The maximum atomic E-state index is 8.54. The topological polar surface area (TPSA) is 71.2 Å². The minimum atomic E-state index is 0.687. The fraction of sp³-hybridized carbons (Fsp3) is 0.200. The van der Waals surface area contributed by atoms with Crippen LogP contribution in [0.2, 0.25) is 0 Å². The average molecular weight is 286 g/mol. The molecule has 0 aliphatic carbocycles. The van der Waals surface area contributed by atoms with Crippen LogP contribution < -0.4 is 0 Å². The molecule has 6 heteroatoms. The molecule has 2 heterocycles. The third-order valence-electron chi connectivity index (χ3n) is 3.03. The van der Waals surface area contributed by atoms with Crippen molar-refractivity contribution in [2.45, 2.75) is 6.42 Å². The summed E-state index contributed by atoms with van der Waals surface area (Å²) in [5.74, 6) is 0. The zero-order chi connectivity index (χ0) is 14.9. The molecule has 21 heavy (non-hydrogen) atoms. The zero-order valence-corrected chi connectivity index (χ0v) is 11.6. The lowest BCUT2D eigenvalue weighted by molar-refractivity contribution is -0.448. The van der Waals surface area contributed by atoms with E-state index >= 15 is 0 Å². The third-order valence-corrected chi connectivity index (χ3v) is 3.03. The van der Waals surface area contributed by atoms with Crippen LogP contribution in [0.1, 0.15) is 6.42 Å². The largest absolute Gasteiger partial charge is 0.411 e. The fourth-order valence-electron chi connectivity index (χ4n) is 2.07. The molecule has 0 aromatic rings.